The predicted molar refractivity (Wildman–Crippen MR) is 81.9 cm³/mol. The fourth-order valence-corrected chi connectivity index (χ4v) is 2.50. The van der Waals surface area contributed by atoms with Crippen LogP contribution < -0.4 is 5.32 Å². The van der Waals surface area contributed by atoms with E-state index in [9.17, 15) is 5.11 Å². The minimum atomic E-state index is 0.179. The van der Waals surface area contributed by atoms with E-state index in [2.05, 4.69) is 39.4 Å². The maximum atomic E-state index is 9.20. The number of aliphatic hydroxyl groups is 1. The van der Waals surface area contributed by atoms with Gasteiger partial charge in [0.1, 0.15) is 0 Å². The highest BCUT2D eigenvalue weighted by molar-refractivity contribution is 9.10. The Balaban J connectivity index is 2.04. The van der Waals surface area contributed by atoms with Gasteiger partial charge in [-0.2, -0.15) is 0 Å². The molecule has 2 rings (SSSR count). The molecule has 1 atom stereocenters. The smallest absolute Gasteiger partial charge is 0.0449 e. The quantitative estimate of drug-likeness (QED) is 0.851. The largest absolute Gasteiger partial charge is 0.396 e. The van der Waals surface area contributed by atoms with Gasteiger partial charge >= 0.3 is 0 Å². The number of nitrogens with one attached hydrogen (secondary N) is 1. The molecule has 19 heavy (non-hydrogen) atoms. The summed E-state index contributed by atoms with van der Waals surface area (Å²) in [6, 6.07) is 18.6. The van der Waals surface area contributed by atoms with E-state index in [1.54, 1.807) is 0 Å². The van der Waals surface area contributed by atoms with Crippen LogP contribution in [-0.2, 0) is 6.54 Å². The lowest BCUT2D eigenvalue weighted by Crippen LogP contribution is -2.22. The minimum Gasteiger partial charge on any atom is -0.396 e. The summed E-state index contributed by atoms with van der Waals surface area (Å²) in [5.74, 6) is 0. The maximum Gasteiger partial charge on any atom is 0.0449 e. The first-order chi connectivity index (χ1) is 9.31. The summed E-state index contributed by atoms with van der Waals surface area (Å²) in [6.45, 7) is 0.962. The van der Waals surface area contributed by atoms with Gasteiger partial charge in [0.2, 0.25) is 0 Å². The van der Waals surface area contributed by atoms with Crippen molar-refractivity contribution in [2.45, 2.75) is 19.0 Å². The lowest BCUT2D eigenvalue weighted by atomic mass is 10.0. The zero-order valence-corrected chi connectivity index (χ0v) is 12.3. The molecule has 0 aliphatic carbocycles. The highest BCUT2D eigenvalue weighted by Gasteiger charge is 2.10. The van der Waals surface area contributed by atoms with E-state index in [1.807, 2.05) is 36.4 Å². The summed E-state index contributed by atoms with van der Waals surface area (Å²) in [5.41, 5.74) is 2.44. The Bertz CT molecular complexity index is 501. The summed E-state index contributed by atoms with van der Waals surface area (Å²) in [5, 5.41) is 12.7. The molecule has 0 amide bonds. The molecule has 0 saturated heterocycles. The van der Waals surface area contributed by atoms with Crippen LogP contribution in [0.3, 0.4) is 0 Å². The van der Waals surface area contributed by atoms with Crippen molar-refractivity contribution in [3.63, 3.8) is 0 Å². The molecule has 0 heterocycles. The Morgan fingerprint density at radius 1 is 1.00 bits per heavy atom. The standard InChI is InChI=1S/C16H18BrNO/c17-15-9-5-4-8-14(15)12-18-16(10-11-19)13-6-2-1-3-7-13/h1-9,16,18-19H,10-12H2/t16-/m1/s1. The van der Waals surface area contributed by atoms with Crippen LogP contribution in [0.15, 0.2) is 59.1 Å². The van der Waals surface area contributed by atoms with Gasteiger partial charge in [0.15, 0.2) is 0 Å². The minimum absolute atomic E-state index is 0.179. The lowest BCUT2D eigenvalue weighted by molar-refractivity contribution is 0.265. The molecule has 2 nitrogen and oxygen atoms in total. The van der Waals surface area contributed by atoms with Gasteiger partial charge < -0.3 is 10.4 Å². The fraction of sp³-hybridized carbons (Fsp3) is 0.250. The SMILES string of the molecule is OCC[C@@H](NCc1ccccc1Br)c1ccccc1. The van der Waals surface area contributed by atoms with Crippen molar-refractivity contribution >= 4 is 15.9 Å². The second kappa shape index (κ2) is 7.43. The first-order valence-corrected chi connectivity index (χ1v) is 7.23. The molecule has 0 fully saturated rings. The molecule has 0 aromatic heterocycles. The third-order valence-corrected chi connectivity index (χ3v) is 3.89. The van der Waals surface area contributed by atoms with Gasteiger partial charge in [-0.1, -0.05) is 64.5 Å². The Morgan fingerprint density at radius 2 is 1.68 bits per heavy atom. The Labute approximate surface area is 122 Å². The van der Waals surface area contributed by atoms with Crippen molar-refractivity contribution in [2.24, 2.45) is 0 Å². The summed E-state index contributed by atoms with van der Waals surface area (Å²) in [6.07, 6.45) is 0.717. The Hall–Kier alpha value is -1.16. The van der Waals surface area contributed by atoms with E-state index >= 15 is 0 Å². The molecule has 100 valence electrons. The Morgan fingerprint density at radius 3 is 2.37 bits per heavy atom. The molecule has 0 aliphatic heterocycles. The highest BCUT2D eigenvalue weighted by atomic mass is 79.9. The van der Waals surface area contributed by atoms with Gasteiger partial charge in [-0.15, -0.1) is 0 Å². The molecule has 0 radical (unpaired) electrons. The molecule has 2 aromatic carbocycles. The normalized spacial score (nSPS) is 12.3. The van der Waals surface area contributed by atoms with Gasteiger partial charge in [0, 0.05) is 23.7 Å². The van der Waals surface area contributed by atoms with E-state index in [0.717, 1.165) is 11.0 Å². The van der Waals surface area contributed by atoms with Crippen molar-refractivity contribution in [1.82, 2.24) is 5.32 Å². The molecule has 3 heteroatoms. The molecule has 0 bridgehead atoms. The molecule has 0 aliphatic rings. The summed E-state index contributed by atoms with van der Waals surface area (Å²) in [4.78, 5) is 0. The predicted octanol–water partition coefficient (Wildman–Crippen LogP) is 3.66. The number of rotatable bonds is 6. The van der Waals surface area contributed by atoms with Gasteiger partial charge in [0.05, 0.1) is 0 Å². The second-order valence-electron chi connectivity index (χ2n) is 4.45. The van der Waals surface area contributed by atoms with Crippen molar-refractivity contribution in [3.05, 3.63) is 70.2 Å². The van der Waals surface area contributed by atoms with E-state index < -0.39 is 0 Å². The lowest BCUT2D eigenvalue weighted by Gasteiger charge is -2.18. The van der Waals surface area contributed by atoms with E-state index in [0.29, 0.717) is 6.42 Å². The van der Waals surface area contributed by atoms with Crippen molar-refractivity contribution < 1.29 is 5.11 Å². The van der Waals surface area contributed by atoms with Gasteiger partial charge in [-0.3, -0.25) is 0 Å². The second-order valence-corrected chi connectivity index (χ2v) is 5.30. The van der Waals surface area contributed by atoms with Crippen molar-refractivity contribution in [3.8, 4) is 0 Å². The van der Waals surface area contributed by atoms with Crippen molar-refractivity contribution in [1.29, 1.82) is 0 Å². The molecule has 2 aromatic rings. The number of hydrogen-bond donors (Lipinski definition) is 2. The topological polar surface area (TPSA) is 32.3 Å². The van der Waals surface area contributed by atoms with Crippen LogP contribution in [0.4, 0.5) is 0 Å². The monoisotopic (exact) mass is 319 g/mol. The fourth-order valence-electron chi connectivity index (χ4n) is 2.08. The number of aliphatic hydroxyl groups excluding tert-OH is 1. The zero-order valence-electron chi connectivity index (χ0n) is 10.7. The van der Waals surface area contributed by atoms with E-state index in [4.69, 9.17) is 0 Å². The number of halogens is 1. The molecule has 0 saturated carbocycles. The summed E-state index contributed by atoms with van der Waals surface area (Å²) < 4.78 is 1.11. The van der Waals surface area contributed by atoms with Gasteiger partial charge in [-0.25, -0.2) is 0 Å². The number of benzene rings is 2. The summed E-state index contributed by atoms with van der Waals surface area (Å²) >= 11 is 3.55. The third-order valence-electron chi connectivity index (χ3n) is 3.12. The van der Waals surface area contributed by atoms with Crippen molar-refractivity contribution in [2.75, 3.05) is 6.61 Å². The van der Waals surface area contributed by atoms with Crippen LogP contribution in [0.5, 0.6) is 0 Å². The van der Waals surface area contributed by atoms with Crippen LogP contribution in [0, 0.1) is 0 Å². The number of hydrogen-bond acceptors (Lipinski definition) is 2. The van der Waals surface area contributed by atoms with Gasteiger partial charge in [0.25, 0.3) is 0 Å². The van der Waals surface area contributed by atoms with Crippen LogP contribution in [0.1, 0.15) is 23.6 Å². The molecular weight excluding hydrogens is 302 g/mol. The molecule has 2 N–H and O–H groups in total. The maximum absolute atomic E-state index is 9.20. The van der Waals surface area contributed by atoms with Crippen LogP contribution in [0.2, 0.25) is 0 Å². The van der Waals surface area contributed by atoms with Gasteiger partial charge in [-0.05, 0) is 23.6 Å². The average molecular weight is 320 g/mol. The third kappa shape index (κ3) is 4.16. The Kier molecular flexibility index (Phi) is 5.58. The molecule has 0 spiro atoms. The first kappa shape index (κ1) is 14.3. The van der Waals surface area contributed by atoms with Crippen LogP contribution in [-0.4, -0.2) is 11.7 Å². The van der Waals surface area contributed by atoms with E-state index in [-0.39, 0.29) is 12.6 Å². The molecule has 0 unspecified atom stereocenters. The zero-order chi connectivity index (χ0) is 13.5. The van der Waals surface area contributed by atoms with E-state index in [1.165, 1.54) is 11.1 Å². The first-order valence-electron chi connectivity index (χ1n) is 6.44. The highest BCUT2D eigenvalue weighted by Crippen LogP contribution is 2.20. The van der Waals surface area contributed by atoms with Crippen LogP contribution in [0.25, 0.3) is 0 Å². The van der Waals surface area contributed by atoms with Crippen LogP contribution >= 0.6 is 15.9 Å². The average Bonchev–Trinajstić information content (AvgIpc) is 2.46. The summed E-state index contributed by atoms with van der Waals surface area (Å²) in [7, 11) is 0. The molecular formula is C16H18BrNO.